The minimum atomic E-state index is 0.163. The van der Waals surface area contributed by atoms with Gasteiger partial charge in [-0.15, -0.1) is 0 Å². The number of hydrogen-bond acceptors (Lipinski definition) is 8. The third kappa shape index (κ3) is 7.81. The van der Waals surface area contributed by atoms with Crippen LogP contribution in [-0.2, 0) is 14.2 Å². The summed E-state index contributed by atoms with van der Waals surface area (Å²) in [4.78, 5) is 2.23. The Balaban J connectivity index is 1.61. The fourth-order valence-electron chi connectivity index (χ4n) is 10.6. The summed E-state index contributed by atoms with van der Waals surface area (Å²) < 4.78 is 20.2. The van der Waals surface area contributed by atoms with Crippen LogP contribution in [0.5, 0.6) is 0 Å². The second-order valence-corrected chi connectivity index (χ2v) is 15.4. The minimum absolute atomic E-state index is 0.163. The van der Waals surface area contributed by atoms with Crippen molar-refractivity contribution < 1.29 is 14.2 Å². The van der Waals surface area contributed by atoms with Gasteiger partial charge in [-0.3, -0.25) is 4.90 Å². The second kappa shape index (κ2) is 16.5. The van der Waals surface area contributed by atoms with Crippen LogP contribution in [-0.4, -0.2) is 82.9 Å². The summed E-state index contributed by atoms with van der Waals surface area (Å²) in [6.45, 7) is 13.9. The van der Waals surface area contributed by atoms with Crippen LogP contribution in [0.4, 0.5) is 0 Å². The van der Waals surface area contributed by atoms with Gasteiger partial charge < -0.3 is 37.1 Å². The van der Waals surface area contributed by atoms with Crippen molar-refractivity contribution in [3.8, 4) is 0 Å². The van der Waals surface area contributed by atoms with E-state index in [1.165, 1.54) is 32.1 Å². The van der Waals surface area contributed by atoms with E-state index in [1.54, 1.807) is 0 Å². The molecule has 0 saturated heterocycles. The molecule has 4 saturated carbocycles. The topological polar surface area (TPSA) is 135 Å². The largest absolute Gasteiger partial charge is 0.378 e. The number of ether oxygens (including phenoxy) is 3. The highest BCUT2D eigenvalue weighted by Crippen LogP contribution is 2.69. The lowest BCUT2D eigenvalue weighted by Gasteiger charge is -2.65. The Morgan fingerprint density at radius 1 is 0.791 bits per heavy atom. The lowest BCUT2D eigenvalue weighted by atomic mass is 9.43. The van der Waals surface area contributed by atoms with Crippen LogP contribution >= 0.6 is 0 Å². The van der Waals surface area contributed by atoms with E-state index >= 15 is 0 Å². The van der Waals surface area contributed by atoms with Crippen LogP contribution in [0.1, 0.15) is 97.8 Å². The van der Waals surface area contributed by atoms with Gasteiger partial charge in [0.2, 0.25) is 0 Å². The fourth-order valence-corrected chi connectivity index (χ4v) is 10.6. The predicted octanol–water partition coefficient (Wildman–Crippen LogP) is 4.33. The van der Waals surface area contributed by atoms with Gasteiger partial charge in [-0.25, -0.2) is 0 Å². The van der Waals surface area contributed by atoms with Gasteiger partial charge in [0.15, 0.2) is 0 Å². The van der Waals surface area contributed by atoms with Crippen LogP contribution in [0.3, 0.4) is 0 Å². The monoisotopic (exact) mass is 608 g/mol. The van der Waals surface area contributed by atoms with E-state index in [9.17, 15) is 0 Å². The van der Waals surface area contributed by atoms with Gasteiger partial charge >= 0.3 is 0 Å². The van der Waals surface area contributed by atoms with Crippen LogP contribution in [0.2, 0.25) is 0 Å². The van der Waals surface area contributed by atoms with E-state index in [-0.39, 0.29) is 11.5 Å². The van der Waals surface area contributed by atoms with E-state index in [0.29, 0.717) is 79.4 Å². The molecule has 43 heavy (non-hydrogen) atoms. The Labute approximate surface area is 264 Å². The predicted molar refractivity (Wildman–Crippen MR) is 176 cm³/mol. The number of fused-ring (bicyclic) bond motifs is 5. The molecule has 8 heteroatoms. The maximum absolute atomic E-state index is 6.98. The van der Waals surface area contributed by atoms with Crippen LogP contribution in [0.15, 0.2) is 0 Å². The summed E-state index contributed by atoms with van der Waals surface area (Å²) >= 11 is 0. The lowest BCUT2D eigenvalue weighted by Crippen LogP contribution is -2.63. The molecule has 4 aliphatic carbocycles. The highest BCUT2D eigenvalue weighted by Gasteiger charge is 2.66. The Morgan fingerprint density at radius 2 is 1.47 bits per heavy atom. The molecule has 0 heterocycles. The number of rotatable bonds is 18. The van der Waals surface area contributed by atoms with Crippen molar-refractivity contribution in [2.45, 2.75) is 116 Å². The minimum Gasteiger partial charge on any atom is -0.378 e. The molecule has 4 aliphatic rings. The summed E-state index contributed by atoms with van der Waals surface area (Å²) in [6.07, 6.45) is 14.7. The van der Waals surface area contributed by atoms with E-state index < -0.39 is 0 Å². The first-order valence-corrected chi connectivity index (χ1v) is 18.1. The molecular weight excluding hydrogens is 538 g/mol. The van der Waals surface area contributed by atoms with Gasteiger partial charge in [-0.2, -0.15) is 0 Å². The maximum atomic E-state index is 6.98. The molecule has 0 spiro atoms. The van der Waals surface area contributed by atoms with Crippen molar-refractivity contribution in [3.05, 3.63) is 0 Å². The van der Waals surface area contributed by atoms with Crippen molar-refractivity contribution in [2.75, 3.05) is 59.7 Å². The van der Waals surface area contributed by atoms with Crippen molar-refractivity contribution in [3.63, 3.8) is 0 Å². The molecule has 0 aliphatic heterocycles. The molecule has 0 aromatic heterocycles. The molecule has 0 radical (unpaired) electrons. The zero-order valence-electron chi connectivity index (χ0n) is 28.3. The molecular formula is C35H69N5O3. The summed E-state index contributed by atoms with van der Waals surface area (Å²) in [6, 6.07) is 0. The first-order valence-electron chi connectivity index (χ1n) is 18.1. The standard InChI is InChI=1S/C35H69N5O3/c1-25(9-5-17-40(4)24-39)28-10-11-29-33-30(23-32(35(28,29)3)43-20-8-16-38)34(2)13-12-27(41-18-6-14-36)21-26(34)22-31(33)42-19-7-15-37/h25-33H,5-24,36-39H2,1-4H3/t25-,26?,27-,28?,29+,30+,31-,32+,33?,34?,35?/m1/s1. The third-order valence-electron chi connectivity index (χ3n) is 13.0. The zero-order chi connectivity index (χ0) is 31.0. The molecule has 0 amide bonds. The highest BCUT2D eigenvalue weighted by molar-refractivity contribution is 5.15. The molecule has 5 unspecified atom stereocenters. The van der Waals surface area contributed by atoms with Gasteiger partial charge in [-0.1, -0.05) is 20.8 Å². The number of nitrogens with zero attached hydrogens (tertiary/aromatic N) is 1. The van der Waals surface area contributed by atoms with E-state index in [4.69, 9.17) is 37.1 Å². The molecule has 8 N–H and O–H groups in total. The Bertz CT molecular complexity index is 820. The van der Waals surface area contributed by atoms with Gasteiger partial charge in [-0.05, 0) is 151 Å². The van der Waals surface area contributed by atoms with Crippen LogP contribution in [0.25, 0.3) is 0 Å². The molecule has 4 rings (SSSR count). The molecule has 11 atom stereocenters. The zero-order valence-corrected chi connectivity index (χ0v) is 28.3. The first kappa shape index (κ1) is 35.5. The highest BCUT2D eigenvalue weighted by atomic mass is 16.5. The first-order chi connectivity index (χ1) is 20.7. The normalized spacial score (nSPS) is 39.8. The summed E-state index contributed by atoms with van der Waals surface area (Å²) in [5.41, 5.74) is 24.0. The Morgan fingerprint density at radius 3 is 2.14 bits per heavy atom. The molecule has 252 valence electrons. The van der Waals surface area contributed by atoms with Gasteiger partial charge in [0, 0.05) is 31.9 Å². The number of nitrogens with two attached hydrogens (primary N) is 4. The van der Waals surface area contributed by atoms with E-state index in [2.05, 4.69) is 32.7 Å². The van der Waals surface area contributed by atoms with Crippen molar-refractivity contribution in [1.29, 1.82) is 0 Å². The van der Waals surface area contributed by atoms with Gasteiger partial charge in [0.1, 0.15) is 0 Å². The van der Waals surface area contributed by atoms with E-state index in [1.807, 2.05) is 0 Å². The molecule has 8 nitrogen and oxygen atoms in total. The molecule has 0 aromatic carbocycles. The summed E-state index contributed by atoms with van der Waals surface area (Å²) in [5.74, 6) is 3.81. The quantitative estimate of drug-likeness (QED) is 0.134. The molecule has 0 bridgehead atoms. The SMILES string of the molecule is C[C@H](CCCN(C)CN)C1CC[C@H]2C3[C@H](OCCCN)CC4C[C@H](OCCCN)CCC4(C)[C@H]3C[C@H](OCCCN)C12C. The second-order valence-electron chi connectivity index (χ2n) is 15.4. The lowest BCUT2D eigenvalue weighted by molar-refractivity contribution is -0.227. The summed E-state index contributed by atoms with van der Waals surface area (Å²) in [5, 5.41) is 0. The fraction of sp³-hybridized carbons (Fsp3) is 1.00. The Kier molecular flexibility index (Phi) is 13.6. The van der Waals surface area contributed by atoms with Crippen LogP contribution in [0, 0.1) is 46.3 Å². The maximum Gasteiger partial charge on any atom is 0.0637 e. The average Bonchev–Trinajstić information content (AvgIpc) is 3.36. The number of hydrogen-bond donors (Lipinski definition) is 4. The van der Waals surface area contributed by atoms with Gasteiger partial charge in [0.25, 0.3) is 0 Å². The average molecular weight is 608 g/mol. The molecule has 4 fully saturated rings. The Hall–Kier alpha value is -0.320. The van der Waals surface area contributed by atoms with Crippen molar-refractivity contribution in [1.82, 2.24) is 4.90 Å². The van der Waals surface area contributed by atoms with Crippen LogP contribution < -0.4 is 22.9 Å². The van der Waals surface area contributed by atoms with Crippen molar-refractivity contribution >= 4 is 0 Å². The smallest absolute Gasteiger partial charge is 0.0637 e. The van der Waals surface area contributed by atoms with E-state index in [0.717, 1.165) is 71.3 Å². The molecule has 0 aromatic rings. The van der Waals surface area contributed by atoms with Gasteiger partial charge in [0.05, 0.1) is 18.3 Å². The third-order valence-corrected chi connectivity index (χ3v) is 13.0. The van der Waals surface area contributed by atoms with Crippen molar-refractivity contribution in [2.24, 2.45) is 69.3 Å². The summed E-state index contributed by atoms with van der Waals surface area (Å²) in [7, 11) is 2.13.